The minimum atomic E-state index is -0.204. The Balaban J connectivity index is 2.19. The fourth-order valence-electron chi connectivity index (χ4n) is 2.59. The van der Waals surface area contributed by atoms with Crippen LogP contribution >= 0.6 is 11.6 Å². The maximum atomic E-state index is 12.5. The zero-order valence-electron chi connectivity index (χ0n) is 11.9. The molecule has 1 atom stereocenters. The molecule has 0 saturated carbocycles. The molecule has 1 fully saturated rings. The van der Waals surface area contributed by atoms with E-state index in [0.29, 0.717) is 22.9 Å². The smallest absolute Gasteiger partial charge is 0.254 e. The number of hydrogen-bond donors (Lipinski definition) is 1. The molecule has 1 heterocycles. The molecule has 1 saturated heterocycles. The number of methoxy groups -OCH3 is 1. The highest BCUT2D eigenvalue weighted by atomic mass is 35.5. The molecule has 0 bridgehead atoms. The average molecular weight is 298 g/mol. The average Bonchev–Trinajstić information content (AvgIpc) is 2.47. The van der Waals surface area contributed by atoms with Crippen LogP contribution in [0.5, 0.6) is 5.75 Å². The van der Waals surface area contributed by atoms with Gasteiger partial charge in [-0.15, -0.1) is 0 Å². The van der Waals surface area contributed by atoms with Gasteiger partial charge in [-0.25, -0.2) is 0 Å². The van der Waals surface area contributed by atoms with Crippen molar-refractivity contribution >= 4 is 17.5 Å². The number of benzene rings is 1. The van der Waals surface area contributed by atoms with Crippen LogP contribution in [0.2, 0.25) is 5.02 Å². The third-order valence-corrected chi connectivity index (χ3v) is 4.16. The summed E-state index contributed by atoms with van der Waals surface area (Å²) in [6.45, 7) is 3.41. The van der Waals surface area contributed by atoms with E-state index in [1.54, 1.807) is 23.1 Å². The SMILES string of the molecule is COc1cc(C(=O)N2CCCC(C)(CO)C2)ccc1Cl. The summed E-state index contributed by atoms with van der Waals surface area (Å²) in [5.41, 5.74) is 0.359. The summed E-state index contributed by atoms with van der Waals surface area (Å²) in [5, 5.41) is 9.95. The van der Waals surface area contributed by atoms with Gasteiger partial charge in [0, 0.05) is 24.1 Å². The Hall–Kier alpha value is -1.26. The highest BCUT2D eigenvalue weighted by molar-refractivity contribution is 6.32. The van der Waals surface area contributed by atoms with Crippen LogP contribution in [0, 0.1) is 5.41 Å². The summed E-state index contributed by atoms with van der Waals surface area (Å²) < 4.78 is 5.14. The Morgan fingerprint density at radius 3 is 2.95 bits per heavy atom. The van der Waals surface area contributed by atoms with Gasteiger partial charge in [0.15, 0.2) is 0 Å². The molecule has 1 aromatic rings. The van der Waals surface area contributed by atoms with Crippen LogP contribution in [0.25, 0.3) is 0 Å². The van der Waals surface area contributed by atoms with Crippen molar-refractivity contribution in [1.29, 1.82) is 0 Å². The summed E-state index contributed by atoms with van der Waals surface area (Å²) in [7, 11) is 1.53. The molecule has 5 heteroatoms. The molecule has 2 rings (SSSR count). The number of carbonyl (C=O) groups excluding carboxylic acids is 1. The number of piperidine rings is 1. The van der Waals surface area contributed by atoms with Gasteiger partial charge in [0.05, 0.1) is 18.7 Å². The second-order valence-electron chi connectivity index (χ2n) is 5.65. The topological polar surface area (TPSA) is 49.8 Å². The molecule has 0 radical (unpaired) electrons. The van der Waals surface area contributed by atoms with Crippen LogP contribution in [-0.4, -0.2) is 42.7 Å². The van der Waals surface area contributed by atoms with Gasteiger partial charge in [-0.3, -0.25) is 4.79 Å². The van der Waals surface area contributed by atoms with Crippen molar-refractivity contribution in [1.82, 2.24) is 4.90 Å². The highest BCUT2D eigenvalue weighted by Crippen LogP contribution is 2.31. The van der Waals surface area contributed by atoms with E-state index >= 15 is 0 Å². The number of carbonyl (C=O) groups is 1. The number of halogens is 1. The first-order valence-corrected chi connectivity index (χ1v) is 7.10. The third kappa shape index (κ3) is 3.07. The molecule has 4 nitrogen and oxygen atoms in total. The van der Waals surface area contributed by atoms with Gasteiger partial charge in [0.25, 0.3) is 5.91 Å². The van der Waals surface area contributed by atoms with Crippen molar-refractivity contribution in [3.05, 3.63) is 28.8 Å². The van der Waals surface area contributed by atoms with Crippen LogP contribution in [-0.2, 0) is 0 Å². The van der Waals surface area contributed by atoms with E-state index < -0.39 is 0 Å². The first kappa shape index (κ1) is 15.1. The van der Waals surface area contributed by atoms with Gasteiger partial charge in [-0.05, 0) is 31.0 Å². The van der Waals surface area contributed by atoms with Crippen LogP contribution in [0.1, 0.15) is 30.1 Å². The van der Waals surface area contributed by atoms with Crippen molar-refractivity contribution in [3.8, 4) is 5.75 Å². The van der Waals surface area contributed by atoms with E-state index in [2.05, 4.69) is 0 Å². The summed E-state index contributed by atoms with van der Waals surface area (Å²) in [4.78, 5) is 14.3. The number of hydrogen-bond acceptors (Lipinski definition) is 3. The zero-order valence-corrected chi connectivity index (χ0v) is 12.6. The van der Waals surface area contributed by atoms with Crippen molar-refractivity contribution < 1.29 is 14.6 Å². The number of aliphatic hydroxyl groups excluding tert-OH is 1. The van der Waals surface area contributed by atoms with Crippen LogP contribution in [0.15, 0.2) is 18.2 Å². The molecule has 1 aromatic carbocycles. The second kappa shape index (κ2) is 6.02. The standard InChI is InChI=1S/C15H20ClNO3/c1-15(10-18)6-3-7-17(9-15)14(19)11-4-5-12(16)13(8-11)20-2/h4-5,8,18H,3,6-7,9-10H2,1-2H3. The van der Waals surface area contributed by atoms with E-state index in [-0.39, 0.29) is 17.9 Å². The molecule has 20 heavy (non-hydrogen) atoms. The molecule has 0 spiro atoms. The number of likely N-dealkylation sites (tertiary alicyclic amines) is 1. The van der Waals surface area contributed by atoms with Gasteiger partial charge >= 0.3 is 0 Å². The molecular weight excluding hydrogens is 278 g/mol. The lowest BCUT2D eigenvalue weighted by Crippen LogP contribution is -2.46. The van der Waals surface area contributed by atoms with Crippen molar-refractivity contribution in [2.45, 2.75) is 19.8 Å². The summed E-state index contributed by atoms with van der Waals surface area (Å²) in [6.07, 6.45) is 1.85. The number of nitrogens with zero attached hydrogens (tertiary/aromatic N) is 1. The van der Waals surface area contributed by atoms with Crippen LogP contribution in [0.4, 0.5) is 0 Å². The van der Waals surface area contributed by atoms with Crippen LogP contribution in [0.3, 0.4) is 0 Å². The quantitative estimate of drug-likeness (QED) is 0.933. The number of amides is 1. The molecule has 0 aromatic heterocycles. The van der Waals surface area contributed by atoms with E-state index in [4.69, 9.17) is 16.3 Å². The normalized spacial score (nSPS) is 22.7. The maximum Gasteiger partial charge on any atom is 0.254 e. The monoisotopic (exact) mass is 297 g/mol. The van der Waals surface area contributed by atoms with Gasteiger partial charge in [-0.2, -0.15) is 0 Å². The van der Waals surface area contributed by atoms with E-state index in [1.807, 2.05) is 6.92 Å². The van der Waals surface area contributed by atoms with Gasteiger partial charge in [0.1, 0.15) is 5.75 Å². The fraction of sp³-hybridized carbons (Fsp3) is 0.533. The first-order chi connectivity index (χ1) is 9.49. The molecular formula is C15H20ClNO3. The summed E-state index contributed by atoms with van der Waals surface area (Å²) in [6, 6.07) is 5.04. The lowest BCUT2D eigenvalue weighted by molar-refractivity contribution is 0.0357. The lowest BCUT2D eigenvalue weighted by Gasteiger charge is -2.39. The molecule has 1 amide bonds. The Morgan fingerprint density at radius 2 is 2.30 bits per heavy atom. The van der Waals surface area contributed by atoms with E-state index in [0.717, 1.165) is 19.4 Å². The fourth-order valence-corrected chi connectivity index (χ4v) is 2.79. The van der Waals surface area contributed by atoms with E-state index in [1.165, 1.54) is 7.11 Å². The molecule has 0 aliphatic carbocycles. The minimum absolute atomic E-state index is 0.0423. The molecule has 110 valence electrons. The molecule has 1 unspecified atom stereocenters. The zero-order chi connectivity index (χ0) is 14.8. The molecule has 1 aliphatic rings. The Morgan fingerprint density at radius 1 is 1.55 bits per heavy atom. The number of aliphatic hydroxyl groups is 1. The van der Waals surface area contributed by atoms with E-state index in [9.17, 15) is 9.90 Å². The number of rotatable bonds is 3. The Bertz CT molecular complexity index is 506. The largest absolute Gasteiger partial charge is 0.495 e. The summed E-state index contributed by atoms with van der Waals surface area (Å²) >= 11 is 5.97. The molecule has 1 aliphatic heterocycles. The lowest BCUT2D eigenvalue weighted by atomic mass is 9.82. The van der Waals surface area contributed by atoms with Crippen molar-refractivity contribution in [3.63, 3.8) is 0 Å². The van der Waals surface area contributed by atoms with Gasteiger partial charge < -0.3 is 14.7 Å². The Labute approximate surface area is 124 Å². The highest BCUT2D eigenvalue weighted by Gasteiger charge is 2.33. The predicted molar refractivity (Wildman–Crippen MR) is 78.3 cm³/mol. The minimum Gasteiger partial charge on any atom is -0.495 e. The summed E-state index contributed by atoms with van der Waals surface area (Å²) in [5.74, 6) is 0.457. The van der Waals surface area contributed by atoms with Gasteiger partial charge in [0.2, 0.25) is 0 Å². The van der Waals surface area contributed by atoms with Crippen molar-refractivity contribution in [2.75, 3.05) is 26.8 Å². The van der Waals surface area contributed by atoms with Crippen molar-refractivity contribution in [2.24, 2.45) is 5.41 Å². The maximum absolute atomic E-state index is 12.5. The predicted octanol–water partition coefficient (Wildman–Crippen LogP) is 2.58. The molecule has 1 N–H and O–H groups in total. The van der Waals surface area contributed by atoms with Gasteiger partial charge in [-0.1, -0.05) is 18.5 Å². The third-order valence-electron chi connectivity index (χ3n) is 3.85. The number of ether oxygens (including phenoxy) is 1. The van der Waals surface area contributed by atoms with Crippen LogP contribution < -0.4 is 4.74 Å². The Kier molecular flexibility index (Phi) is 4.55. The second-order valence-corrected chi connectivity index (χ2v) is 6.06. The first-order valence-electron chi connectivity index (χ1n) is 6.73.